The van der Waals surface area contributed by atoms with E-state index >= 15 is 0 Å². The Kier molecular flexibility index (Phi) is 8.33. The van der Waals surface area contributed by atoms with Gasteiger partial charge in [-0.25, -0.2) is 0 Å². The standard InChI is InChI=1S/C14H30N2S/c1-4-5-6-9-15-12-13(2)16-10-7-14(17-3)8-11-16/h13-15H,4-12H2,1-3H3. The van der Waals surface area contributed by atoms with Crippen molar-refractivity contribution in [3.63, 3.8) is 0 Å². The molecule has 0 aromatic rings. The molecule has 0 aliphatic carbocycles. The third-order valence-corrected chi connectivity index (χ3v) is 4.97. The van der Waals surface area contributed by atoms with Crippen LogP contribution in [-0.4, -0.2) is 48.6 Å². The van der Waals surface area contributed by atoms with Crippen molar-refractivity contribution >= 4 is 11.8 Å². The van der Waals surface area contributed by atoms with E-state index in [1.165, 1.54) is 51.7 Å². The van der Waals surface area contributed by atoms with Gasteiger partial charge in [0.05, 0.1) is 0 Å². The van der Waals surface area contributed by atoms with Crippen LogP contribution in [-0.2, 0) is 0 Å². The van der Waals surface area contributed by atoms with Crippen LogP contribution in [0.1, 0.15) is 46.0 Å². The van der Waals surface area contributed by atoms with E-state index in [-0.39, 0.29) is 0 Å². The monoisotopic (exact) mass is 258 g/mol. The molecule has 102 valence electrons. The van der Waals surface area contributed by atoms with Gasteiger partial charge in [-0.2, -0.15) is 11.8 Å². The zero-order valence-electron chi connectivity index (χ0n) is 11.9. The number of rotatable bonds is 8. The summed E-state index contributed by atoms with van der Waals surface area (Å²) in [5.41, 5.74) is 0. The van der Waals surface area contributed by atoms with Crippen molar-refractivity contribution in [3.8, 4) is 0 Å². The number of piperidine rings is 1. The zero-order chi connectivity index (χ0) is 12.5. The van der Waals surface area contributed by atoms with E-state index in [4.69, 9.17) is 0 Å². The summed E-state index contributed by atoms with van der Waals surface area (Å²) < 4.78 is 0. The average Bonchev–Trinajstić information content (AvgIpc) is 2.38. The molecule has 1 saturated heterocycles. The van der Waals surface area contributed by atoms with Crippen LogP contribution in [0.4, 0.5) is 0 Å². The van der Waals surface area contributed by atoms with Gasteiger partial charge in [0.2, 0.25) is 0 Å². The third-order valence-electron chi connectivity index (χ3n) is 3.83. The van der Waals surface area contributed by atoms with Gasteiger partial charge in [-0.3, -0.25) is 4.90 Å². The molecule has 1 N–H and O–H groups in total. The lowest BCUT2D eigenvalue weighted by Gasteiger charge is -2.35. The molecular formula is C14H30N2S. The van der Waals surface area contributed by atoms with Crippen molar-refractivity contribution in [2.24, 2.45) is 0 Å². The first-order valence-corrected chi connectivity index (χ1v) is 8.54. The zero-order valence-corrected chi connectivity index (χ0v) is 12.7. The molecule has 0 radical (unpaired) electrons. The van der Waals surface area contributed by atoms with Crippen LogP contribution in [0.15, 0.2) is 0 Å². The minimum absolute atomic E-state index is 0.708. The topological polar surface area (TPSA) is 15.3 Å². The molecule has 1 aliphatic heterocycles. The highest BCUT2D eigenvalue weighted by molar-refractivity contribution is 7.99. The molecular weight excluding hydrogens is 228 g/mol. The van der Waals surface area contributed by atoms with Crippen molar-refractivity contribution < 1.29 is 0 Å². The maximum atomic E-state index is 3.60. The van der Waals surface area contributed by atoms with E-state index in [1.807, 2.05) is 11.8 Å². The fraction of sp³-hybridized carbons (Fsp3) is 1.00. The van der Waals surface area contributed by atoms with Crippen LogP contribution >= 0.6 is 11.8 Å². The molecule has 1 rings (SSSR count). The smallest absolute Gasteiger partial charge is 0.0192 e. The van der Waals surface area contributed by atoms with Gasteiger partial charge in [0.25, 0.3) is 0 Å². The minimum Gasteiger partial charge on any atom is -0.315 e. The van der Waals surface area contributed by atoms with Gasteiger partial charge >= 0.3 is 0 Å². The second-order valence-corrected chi connectivity index (χ2v) is 6.37. The van der Waals surface area contributed by atoms with Crippen LogP contribution in [0, 0.1) is 0 Å². The molecule has 0 spiro atoms. The predicted octanol–water partition coefficient (Wildman–Crippen LogP) is 2.98. The molecule has 0 aromatic heterocycles. The van der Waals surface area contributed by atoms with Crippen LogP contribution in [0.25, 0.3) is 0 Å². The Balaban J connectivity index is 2.05. The lowest BCUT2D eigenvalue weighted by molar-refractivity contribution is 0.174. The van der Waals surface area contributed by atoms with E-state index < -0.39 is 0 Å². The van der Waals surface area contributed by atoms with Crippen molar-refractivity contribution in [1.82, 2.24) is 10.2 Å². The number of hydrogen-bond acceptors (Lipinski definition) is 3. The SMILES string of the molecule is CCCCCNCC(C)N1CCC(SC)CC1. The molecule has 0 bridgehead atoms. The largest absolute Gasteiger partial charge is 0.315 e. The highest BCUT2D eigenvalue weighted by Crippen LogP contribution is 2.21. The summed E-state index contributed by atoms with van der Waals surface area (Å²) in [6, 6.07) is 0.708. The fourth-order valence-corrected chi connectivity index (χ4v) is 3.17. The Morgan fingerprint density at radius 2 is 2.00 bits per heavy atom. The van der Waals surface area contributed by atoms with Gasteiger partial charge < -0.3 is 5.32 Å². The Hall–Kier alpha value is 0.270. The maximum absolute atomic E-state index is 3.60. The predicted molar refractivity (Wildman–Crippen MR) is 80.0 cm³/mol. The molecule has 1 atom stereocenters. The van der Waals surface area contributed by atoms with Crippen molar-refractivity contribution in [2.75, 3.05) is 32.4 Å². The van der Waals surface area contributed by atoms with Crippen LogP contribution in [0.2, 0.25) is 0 Å². The molecule has 1 unspecified atom stereocenters. The summed E-state index contributed by atoms with van der Waals surface area (Å²) in [6.45, 7) is 9.57. The lowest BCUT2D eigenvalue weighted by atomic mass is 10.1. The second-order valence-electron chi connectivity index (χ2n) is 5.23. The van der Waals surface area contributed by atoms with Gasteiger partial charge in [0.15, 0.2) is 0 Å². The van der Waals surface area contributed by atoms with Gasteiger partial charge in [-0.15, -0.1) is 0 Å². The molecule has 1 aliphatic rings. The minimum atomic E-state index is 0.708. The average molecular weight is 258 g/mol. The van der Waals surface area contributed by atoms with Crippen molar-refractivity contribution in [2.45, 2.75) is 57.2 Å². The highest BCUT2D eigenvalue weighted by atomic mass is 32.2. The summed E-state index contributed by atoms with van der Waals surface area (Å²) in [4.78, 5) is 2.65. The third kappa shape index (κ3) is 6.12. The Labute approximate surface area is 112 Å². The van der Waals surface area contributed by atoms with Crippen LogP contribution in [0.5, 0.6) is 0 Å². The second kappa shape index (κ2) is 9.23. The number of nitrogens with one attached hydrogen (secondary N) is 1. The highest BCUT2D eigenvalue weighted by Gasteiger charge is 2.21. The first-order valence-electron chi connectivity index (χ1n) is 7.25. The summed E-state index contributed by atoms with van der Waals surface area (Å²) in [7, 11) is 0. The van der Waals surface area contributed by atoms with Gasteiger partial charge in [0, 0.05) is 17.8 Å². The van der Waals surface area contributed by atoms with Crippen molar-refractivity contribution in [3.05, 3.63) is 0 Å². The molecule has 1 heterocycles. The first kappa shape index (κ1) is 15.3. The first-order chi connectivity index (χ1) is 8.27. The summed E-state index contributed by atoms with van der Waals surface area (Å²) in [5, 5.41) is 4.51. The normalized spacial score (nSPS) is 20.6. The van der Waals surface area contributed by atoms with Gasteiger partial charge in [0.1, 0.15) is 0 Å². The van der Waals surface area contributed by atoms with Gasteiger partial charge in [-0.05, 0) is 52.1 Å². The lowest BCUT2D eigenvalue weighted by Crippen LogP contribution is -2.45. The summed E-state index contributed by atoms with van der Waals surface area (Å²) in [5.74, 6) is 0. The quantitative estimate of drug-likeness (QED) is 0.674. The molecule has 17 heavy (non-hydrogen) atoms. The number of unbranched alkanes of at least 4 members (excludes halogenated alkanes) is 2. The van der Waals surface area contributed by atoms with Crippen molar-refractivity contribution in [1.29, 1.82) is 0 Å². The van der Waals surface area contributed by atoms with E-state index in [1.54, 1.807) is 0 Å². The van der Waals surface area contributed by atoms with E-state index in [0.717, 1.165) is 11.8 Å². The molecule has 2 nitrogen and oxygen atoms in total. The molecule has 1 fully saturated rings. The van der Waals surface area contributed by atoms with E-state index in [0.29, 0.717) is 6.04 Å². The Bertz CT molecular complexity index is 179. The van der Waals surface area contributed by atoms with E-state index in [9.17, 15) is 0 Å². The van der Waals surface area contributed by atoms with Crippen LogP contribution in [0.3, 0.4) is 0 Å². The number of likely N-dealkylation sites (tertiary alicyclic amines) is 1. The Morgan fingerprint density at radius 1 is 1.29 bits per heavy atom. The summed E-state index contributed by atoms with van der Waals surface area (Å²) in [6.07, 6.45) is 9.01. The fourth-order valence-electron chi connectivity index (χ4n) is 2.49. The maximum Gasteiger partial charge on any atom is 0.0192 e. The van der Waals surface area contributed by atoms with E-state index in [2.05, 4.69) is 30.3 Å². The van der Waals surface area contributed by atoms with Crippen LogP contribution < -0.4 is 5.32 Å². The molecule has 0 saturated carbocycles. The summed E-state index contributed by atoms with van der Waals surface area (Å²) >= 11 is 2.04. The molecule has 0 aromatic carbocycles. The number of hydrogen-bond donors (Lipinski definition) is 1. The molecule has 3 heteroatoms. The number of nitrogens with zero attached hydrogens (tertiary/aromatic N) is 1. The molecule has 0 amide bonds. The Morgan fingerprint density at radius 3 is 2.59 bits per heavy atom. The van der Waals surface area contributed by atoms with Gasteiger partial charge in [-0.1, -0.05) is 19.8 Å². The number of thioether (sulfide) groups is 1.